The maximum Gasteiger partial charge on any atom is 0.236 e. The Kier molecular flexibility index (Phi) is 6.10. The molecule has 0 unspecified atom stereocenters. The molecule has 1 aromatic carbocycles. The maximum absolute atomic E-state index is 11.7. The van der Waals surface area contributed by atoms with E-state index in [-0.39, 0.29) is 18.2 Å². The Morgan fingerprint density at radius 2 is 2.05 bits per heavy atom. The molecule has 6 heteroatoms. The van der Waals surface area contributed by atoms with E-state index in [0.717, 1.165) is 0 Å². The molecule has 0 aliphatic heterocycles. The number of carbonyl (C=O) groups excluding carboxylic acids is 1. The second-order valence-corrected chi connectivity index (χ2v) is 5.14. The minimum atomic E-state index is 0.0142. The van der Waals surface area contributed by atoms with Crippen molar-refractivity contribution in [3.63, 3.8) is 0 Å². The van der Waals surface area contributed by atoms with Crippen LogP contribution >= 0.6 is 11.6 Å². The molecule has 112 valence electrons. The zero-order valence-corrected chi connectivity index (χ0v) is 13.1. The molecule has 1 aromatic rings. The third-order valence-corrected chi connectivity index (χ3v) is 3.26. The molecular formula is C14H21ClN2O3. The van der Waals surface area contributed by atoms with Crippen LogP contribution in [0.15, 0.2) is 12.1 Å². The zero-order valence-electron chi connectivity index (χ0n) is 12.3. The van der Waals surface area contributed by atoms with E-state index >= 15 is 0 Å². The van der Waals surface area contributed by atoms with Gasteiger partial charge in [-0.2, -0.15) is 0 Å². The highest BCUT2D eigenvalue weighted by Crippen LogP contribution is 2.34. The van der Waals surface area contributed by atoms with Crippen molar-refractivity contribution >= 4 is 17.5 Å². The number of ether oxygens (including phenoxy) is 1. The van der Waals surface area contributed by atoms with E-state index in [9.17, 15) is 9.90 Å². The van der Waals surface area contributed by atoms with Gasteiger partial charge in [0.15, 0.2) is 11.5 Å². The summed E-state index contributed by atoms with van der Waals surface area (Å²) in [7, 11) is 4.91. The van der Waals surface area contributed by atoms with Crippen LogP contribution < -0.4 is 4.74 Å². The number of amides is 1. The van der Waals surface area contributed by atoms with Gasteiger partial charge in [-0.05, 0) is 12.6 Å². The smallest absolute Gasteiger partial charge is 0.236 e. The normalized spacial score (nSPS) is 10.7. The van der Waals surface area contributed by atoms with Gasteiger partial charge in [0.25, 0.3) is 0 Å². The minimum Gasteiger partial charge on any atom is -0.504 e. The van der Waals surface area contributed by atoms with Crippen molar-refractivity contribution in [1.82, 2.24) is 9.80 Å². The summed E-state index contributed by atoms with van der Waals surface area (Å²) in [6.07, 6.45) is 0. The standard InChI is InChI=1S/C14H21ClN2O3/c1-5-17(9-13(18)16(2)3)8-10-6-11(15)7-12(20-4)14(10)19/h6-7,19H,5,8-9H2,1-4H3. The number of hydrogen-bond donors (Lipinski definition) is 1. The Hall–Kier alpha value is -1.46. The lowest BCUT2D eigenvalue weighted by Gasteiger charge is -2.22. The summed E-state index contributed by atoms with van der Waals surface area (Å²) in [4.78, 5) is 15.2. The highest BCUT2D eigenvalue weighted by atomic mass is 35.5. The van der Waals surface area contributed by atoms with Crippen molar-refractivity contribution in [2.45, 2.75) is 13.5 Å². The van der Waals surface area contributed by atoms with Gasteiger partial charge < -0.3 is 14.7 Å². The van der Waals surface area contributed by atoms with Crippen LogP contribution in [0.3, 0.4) is 0 Å². The Labute approximate surface area is 124 Å². The predicted octanol–water partition coefficient (Wildman–Crippen LogP) is 1.96. The Balaban J connectivity index is 2.90. The van der Waals surface area contributed by atoms with Gasteiger partial charge in [0.2, 0.25) is 5.91 Å². The van der Waals surface area contributed by atoms with Gasteiger partial charge in [-0.3, -0.25) is 9.69 Å². The number of phenols is 1. The van der Waals surface area contributed by atoms with Gasteiger partial charge in [-0.1, -0.05) is 18.5 Å². The van der Waals surface area contributed by atoms with Crippen LogP contribution in [-0.2, 0) is 11.3 Å². The van der Waals surface area contributed by atoms with E-state index in [4.69, 9.17) is 16.3 Å². The van der Waals surface area contributed by atoms with E-state index in [1.54, 1.807) is 31.1 Å². The number of nitrogens with zero attached hydrogens (tertiary/aromatic N) is 2. The van der Waals surface area contributed by atoms with Gasteiger partial charge in [-0.15, -0.1) is 0 Å². The lowest BCUT2D eigenvalue weighted by molar-refractivity contribution is -0.130. The number of rotatable bonds is 6. The second-order valence-electron chi connectivity index (χ2n) is 4.71. The molecule has 20 heavy (non-hydrogen) atoms. The lowest BCUT2D eigenvalue weighted by Crippen LogP contribution is -2.36. The van der Waals surface area contributed by atoms with Gasteiger partial charge in [0.05, 0.1) is 13.7 Å². The van der Waals surface area contributed by atoms with Crippen molar-refractivity contribution in [1.29, 1.82) is 0 Å². The SMILES string of the molecule is CCN(CC(=O)N(C)C)Cc1cc(Cl)cc(OC)c1O. The van der Waals surface area contributed by atoms with Crippen LogP contribution in [0.25, 0.3) is 0 Å². The third-order valence-electron chi connectivity index (χ3n) is 3.04. The van der Waals surface area contributed by atoms with Crippen molar-refractivity contribution in [2.24, 2.45) is 0 Å². The van der Waals surface area contributed by atoms with Crippen LogP contribution in [0.4, 0.5) is 0 Å². The fourth-order valence-electron chi connectivity index (χ4n) is 1.76. The minimum absolute atomic E-state index is 0.0142. The number of hydrogen-bond acceptors (Lipinski definition) is 4. The predicted molar refractivity (Wildman–Crippen MR) is 79.3 cm³/mol. The molecule has 1 N–H and O–H groups in total. The Morgan fingerprint density at radius 3 is 2.55 bits per heavy atom. The Bertz CT molecular complexity index is 478. The molecule has 1 amide bonds. The average molecular weight is 301 g/mol. The number of aromatic hydroxyl groups is 1. The van der Waals surface area contributed by atoms with Crippen molar-refractivity contribution in [3.05, 3.63) is 22.7 Å². The molecule has 5 nitrogen and oxygen atoms in total. The molecule has 0 radical (unpaired) electrons. The first-order valence-corrected chi connectivity index (χ1v) is 6.74. The fourth-order valence-corrected chi connectivity index (χ4v) is 1.99. The molecule has 0 fully saturated rings. The highest BCUT2D eigenvalue weighted by molar-refractivity contribution is 6.30. The monoisotopic (exact) mass is 300 g/mol. The summed E-state index contributed by atoms with van der Waals surface area (Å²) in [5.41, 5.74) is 0.641. The quantitative estimate of drug-likeness (QED) is 0.872. The first kappa shape index (κ1) is 16.6. The third kappa shape index (κ3) is 4.28. The molecule has 0 spiro atoms. The van der Waals surface area contributed by atoms with Crippen LogP contribution in [0, 0.1) is 0 Å². The van der Waals surface area contributed by atoms with Crippen molar-refractivity contribution in [3.8, 4) is 11.5 Å². The topological polar surface area (TPSA) is 53.0 Å². The van der Waals surface area contributed by atoms with E-state index in [0.29, 0.717) is 29.4 Å². The number of methoxy groups -OCH3 is 1. The molecule has 0 aromatic heterocycles. The average Bonchev–Trinajstić information content (AvgIpc) is 2.41. The van der Waals surface area contributed by atoms with Gasteiger partial charge in [0.1, 0.15) is 0 Å². The summed E-state index contributed by atoms with van der Waals surface area (Å²) in [6, 6.07) is 3.24. The number of likely N-dealkylation sites (N-methyl/N-ethyl adjacent to an activating group) is 2. The second kappa shape index (κ2) is 7.36. The first-order valence-electron chi connectivity index (χ1n) is 6.36. The number of phenolic OH excluding ortho intramolecular Hbond substituents is 1. The molecule has 0 bridgehead atoms. The highest BCUT2D eigenvalue weighted by Gasteiger charge is 2.16. The fraction of sp³-hybridized carbons (Fsp3) is 0.500. The first-order chi connectivity index (χ1) is 9.38. The van der Waals surface area contributed by atoms with Gasteiger partial charge >= 0.3 is 0 Å². The Morgan fingerprint density at radius 1 is 1.40 bits per heavy atom. The largest absolute Gasteiger partial charge is 0.504 e. The number of benzene rings is 1. The van der Waals surface area contributed by atoms with E-state index in [1.165, 1.54) is 7.11 Å². The maximum atomic E-state index is 11.7. The summed E-state index contributed by atoms with van der Waals surface area (Å²) in [5.74, 6) is 0.412. The van der Waals surface area contributed by atoms with Crippen LogP contribution in [0.1, 0.15) is 12.5 Å². The summed E-state index contributed by atoms with van der Waals surface area (Å²) >= 11 is 6.00. The van der Waals surface area contributed by atoms with Crippen LogP contribution in [0.5, 0.6) is 11.5 Å². The molecule has 0 atom stereocenters. The molecule has 0 saturated heterocycles. The van der Waals surface area contributed by atoms with E-state index < -0.39 is 0 Å². The van der Waals surface area contributed by atoms with E-state index in [2.05, 4.69) is 0 Å². The van der Waals surface area contributed by atoms with E-state index in [1.807, 2.05) is 11.8 Å². The van der Waals surface area contributed by atoms with Crippen LogP contribution in [0.2, 0.25) is 5.02 Å². The number of carbonyl (C=O) groups is 1. The van der Waals surface area contributed by atoms with Crippen molar-refractivity contribution in [2.75, 3.05) is 34.3 Å². The summed E-state index contributed by atoms with van der Waals surface area (Å²) in [5, 5.41) is 10.6. The summed E-state index contributed by atoms with van der Waals surface area (Å²) in [6.45, 7) is 3.37. The summed E-state index contributed by atoms with van der Waals surface area (Å²) < 4.78 is 5.07. The molecule has 0 saturated carbocycles. The molecule has 0 aliphatic carbocycles. The number of halogens is 1. The van der Waals surface area contributed by atoms with Crippen LogP contribution in [-0.4, -0.2) is 55.1 Å². The van der Waals surface area contributed by atoms with Crippen molar-refractivity contribution < 1.29 is 14.6 Å². The van der Waals surface area contributed by atoms with Gasteiger partial charge in [-0.25, -0.2) is 0 Å². The molecule has 0 heterocycles. The zero-order chi connectivity index (χ0) is 15.3. The lowest BCUT2D eigenvalue weighted by atomic mass is 10.1. The molecular weight excluding hydrogens is 280 g/mol. The van der Waals surface area contributed by atoms with Gasteiger partial charge in [0, 0.05) is 37.3 Å². The molecule has 0 aliphatic rings. The molecule has 1 rings (SSSR count).